The number of H-pyrrole nitrogens is 1. The quantitative estimate of drug-likeness (QED) is 0.165. The van der Waals surface area contributed by atoms with E-state index in [1.54, 1.807) is 0 Å². The largest absolute Gasteiger partial charge is 0.354 e. The van der Waals surface area contributed by atoms with Crippen molar-refractivity contribution >= 4 is 49.8 Å². The maximum atomic E-state index is 5.70. The van der Waals surface area contributed by atoms with Crippen LogP contribution in [0.3, 0.4) is 0 Å². The monoisotopic (exact) mass is 878 g/mol. The highest BCUT2D eigenvalue weighted by atomic mass is 15.2. The summed E-state index contributed by atoms with van der Waals surface area (Å²) in [5.41, 5.74) is 17.5. The minimum Gasteiger partial charge on any atom is -0.354 e. The van der Waals surface area contributed by atoms with Crippen molar-refractivity contribution in [3.05, 3.63) is 224 Å². The average Bonchev–Trinajstić information content (AvgIpc) is 3.74. The van der Waals surface area contributed by atoms with Crippen molar-refractivity contribution in [3.8, 4) is 55.9 Å². The standard InChI is InChI=1S/C64H54N4/c1-63(2,3)50-33-47(34-51(41-50)64(4,5)6)49-39-58(46-25-17-26-52(35-46)68(61-29-15-16-32-65-61)60-28-18-24-44-23-13-14-27-53(44)60)66-59(40-49)56-38-48(43-21-11-8-12-22-43)37-55-54-36-45(42-19-9-7-10-20-42)30-31-57(54)67-62(55)56/h7-41,67H,1-6H3. The van der Waals surface area contributed by atoms with Crippen LogP contribution >= 0.6 is 0 Å². The molecule has 0 atom stereocenters. The van der Waals surface area contributed by atoms with Crippen LogP contribution in [0.1, 0.15) is 52.7 Å². The molecule has 4 nitrogen and oxygen atoms in total. The molecule has 11 aromatic rings. The van der Waals surface area contributed by atoms with Gasteiger partial charge in [-0.15, -0.1) is 0 Å². The Hall–Kier alpha value is -8.08. The molecule has 3 heterocycles. The van der Waals surface area contributed by atoms with E-state index in [9.17, 15) is 0 Å². The van der Waals surface area contributed by atoms with Crippen LogP contribution in [-0.4, -0.2) is 15.0 Å². The summed E-state index contributed by atoms with van der Waals surface area (Å²) in [6, 6.07) is 74.5. The van der Waals surface area contributed by atoms with Gasteiger partial charge in [-0.1, -0.05) is 181 Å². The van der Waals surface area contributed by atoms with Gasteiger partial charge in [-0.05, 0) is 127 Å². The minimum atomic E-state index is -0.0568. The molecule has 330 valence electrons. The lowest BCUT2D eigenvalue weighted by Crippen LogP contribution is -2.16. The van der Waals surface area contributed by atoms with Crippen molar-refractivity contribution in [2.75, 3.05) is 4.90 Å². The fraction of sp³-hybridized carbons (Fsp3) is 0.125. The summed E-state index contributed by atoms with van der Waals surface area (Å²) < 4.78 is 0. The molecule has 8 aromatic carbocycles. The Morgan fingerprint density at radius 3 is 1.74 bits per heavy atom. The summed E-state index contributed by atoms with van der Waals surface area (Å²) in [4.78, 5) is 16.8. The number of nitrogens with one attached hydrogen (secondary N) is 1. The second kappa shape index (κ2) is 17.0. The molecule has 0 fully saturated rings. The summed E-state index contributed by atoms with van der Waals surface area (Å²) in [6.45, 7) is 13.8. The Labute approximate surface area is 399 Å². The van der Waals surface area contributed by atoms with Crippen LogP contribution in [0.2, 0.25) is 0 Å². The second-order valence-corrected chi connectivity index (χ2v) is 20.1. The molecular formula is C64H54N4. The van der Waals surface area contributed by atoms with E-state index in [1.165, 1.54) is 38.6 Å². The number of aromatic amines is 1. The highest BCUT2D eigenvalue weighted by Crippen LogP contribution is 2.43. The number of nitrogens with zero attached hydrogens (tertiary/aromatic N) is 3. The van der Waals surface area contributed by atoms with Crippen molar-refractivity contribution < 1.29 is 0 Å². The molecule has 68 heavy (non-hydrogen) atoms. The van der Waals surface area contributed by atoms with E-state index in [4.69, 9.17) is 9.97 Å². The number of aromatic nitrogens is 3. The van der Waals surface area contributed by atoms with Crippen LogP contribution < -0.4 is 4.90 Å². The van der Waals surface area contributed by atoms with E-state index in [0.29, 0.717) is 0 Å². The topological polar surface area (TPSA) is 44.8 Å². The van der Waals surface area contributed by atoms with Crippen molar-refractivity contribution in [3.63, 3.8) is 0 Å². The Bertz CT molecular complexity index is 3590. The lowest BCUT2D eigenvalue weighted by molar-refractivity contribution is 0.569. The number of hydrogen-bond acceptors (Lipinski definition) is 3. The first-order valence-electron chi connectivity index (χ1n) is 23.6. The number of hydrogen-bond donors (Lipinski definition) is 1. The third-order valence-electron chi connectivity index (χ3n) is 13.3. The van der Waals surface area contributed by atoms with Gasteiger partial charge in [-0.2, -0.15) is 0 Å². The normalized spacial score (nSPS) is 12.0. The summed E-state index contributed by atoms with van der Waals surface area (Å²) in [5.74, 6) is 0.839. The Morgan fingerprint density at radius 2 is 1.01 bits per heavy atom. The zero-order valence-electron chi connectivity index (χ0n) is 39.5. The molecule has 3 aromatic heterocycles. The highest BCUT2D eigenvalue weighted by Gasteiger charge is 2.24. The van der Waals surface area contributed by atoms with Gasteiger partial charge in [-0.3, -0.25) is 4.90 Å². The van der Waals surface area contributed by atoms with Crippen LogP contribution in [0.25, 0.3) is 88.5 Å². The third kappa shape index (κ3) is 8.13. The maximum absolute atomic E-state index is 5.70. The molecule has 0 spiro atoms. The first-order valence-corrected chi connectivity index (χ1v) is 23.6. The molecule has 0 aliphatic carbocycles. The highest BCUT2D eigenvalue weighted by molar-refractivity contribution is 6.14. The Balaban J connectivity index is 1.17. The van der Waals surface area contributed by atoms with Crippen LogP contribution in [-0.2, 0) is 10.8 Å². The average molecular weight is 879 g/mol. The molecule has 4 heteroatoms. The van der Waals surface area contributed by atoms with Gasteiger partial charge in [0.1, 0.15) is 5.82 Å². The third-order valence-corrected chi connectivity index (χ3v) is 13.3. The predicted octanol–water partition coefficient (Wildman–Crippen LogP) is 17.7. The molecule has 11 rings (SSSR count). The Morgan fingerprint density at radius 1 is 0.412 bits per heavy atom. The van der Waals surface area contributed by atoms with Crippen LogP contribution in [0.15, 0.2) is 212 Å². The molecule has 0 bridgehead atoms. The van der Waals surface area contributed by atoms with Crippen LogP contribution in [0, 0.1) is 0 Å². The van der Waals surface area contributed by atoms with Gasteiger partial charge in [0, 0.05) is 44.7 Å². The minimum absolute atomic E-state index is 0.0568. The number of anilines is 3. The van der Waals surface area contributed by atoms with Crippen LogP contribution in [0.4, 0.5) is 17.2 Å². The molecular weight excluding hydrogens is 825 g/mol. The van der Waals surface area contributed by atoms with E-state index in [-0.39, 0.29) is 10.8 Å². The van der Waals surface area contributed by atoms with Gasteiger partial charge in [0.15, 0.2) is 0 Å². The van der Waals surface area contributed by atoms with E-state index < -0.39 is 0 Å². The second-order valence-electron chi connectivity index (χ2n) is 20.1. The number of fused-ring (bicyclic) bond motifs is 4. The summed E-state index contributed by atoms with van der Waals surface area (Å²) in [7, 11) is 0. The lowest BCUT2D eigenvalue weighted by atomic mass is 9.79. The molecule has 0 saturated carbocycles. The molecule has 0 aliphatic rings. The smallest absolute Gasteiger partial charge is 0.137 e. The lowest BCUT2D eigenvalue weighted by Gasteiger charge is -2.27. The van der Waals surface area contributed by atoms with E-state index in [0.717, 1.165) is 78.2 Å². The van der Waals surface area contributed by atoms with Gasteiger partial charge in [-0.25, -0.2) is 9.97 Å². The fourth-order valence-electron chi connectivity index (χ4n) is 9.54. The SMILES string of the molecule is CC(C)(C)c1cc(-c2cc(-c3cccc(N(c4ccccn4)c4cccc5ccccc45)c3)nc(-c3cc(-c4ccccc4)cc4c3[nH]c3ccc(-c5ccccc5)cc34)c2)cc(C(C)(C)C)c1. The van der Waals surface area contributed by atoms with Gasteiger partial charge >= 0.3 is 0 Å². The summed E-state index contributed by atoms with van der Waals surface area (Å²) >= 11 is 0. The number of pyridine rings is 2. The fourth-order valence-corrected chi connectivity index (χ4v) is 9.54. The maximum Gasteiger partial charge on any atom is 0.137 e. The first-order chi connectivity index (χ1) is 32.9. The first kappa shape index (κ1) is 42.5. The van der Waals surface area contributed by atoms with E-state index in [2.05, 4.69) is 252 Å². The van der Waals surface area contributed by atoms with Gasteiger partial charge in [0.25, 0.3) is 0 Å². The predicted molar refractivity (Wildman–Crippen MR) is 288 cm³/mol. The number of rotatable bonds is 8. The summed E-state index contributed by atoms with van der Waals surface area (Å²) in [6.07, 6.45) is 1.86. The van der Waals surface area contributed by atoms with Crippen molar-refractivity contribution in [1.82, 2.24) is 15.0 Å². The van der Waals surface area contributed by atoms with Gasteiger partial charge < -0.3 is 4.98 Å². The zero-order chi connectivity index (χ0) is 46.6. The van der Waals surface area contributed by atoms with Crippen LogP contribution in [0.5, 0.6) is 0 Å². The van der Waals surface area contributed by atoms with Gasteiger partial charge in [0.05, 0.1) is 22.6 Å². The zero-order valence-corrected chi connectivity index (χ0v) is 39.5. The molecule has 0 radical (unpaired) electrons. The number of benzene rings is 8. The van der Waals surface area contributed by atoms with Gasteiger partial charge in [0.2, 0.25) is 0 Å². The van der Waals surface area contributed by atoms with E-state index >= 15 is 0 Å². The van der Waals surface area contributed by atoms with Crippen molar-refractivity contribution in [1.29, 1.82) is 0 Å². The molecule has 0 saturated heterocycles. The Kier molecular flexibility index (Phi) is 10.6. The van der Waals surface area contributed by atoms with E-state index in [1.807, 2.05) is 12.3 Å². The van der Waals surface area contributed by atoms with Crippen molar-refractivity contribution in [2.24, 2.45) is 0 Å². The van der Waals surface area contributed by atoms with Crippen molar-refractivity contribution in [2.45, 2.75) is 52.4 Å². The molecule has 0 amide bonds. The molecule has 0 aliphatic heterocycles. The summed E-state index contributed by atoms with van der Waals surface area (Å²) in [5, 5.41) is 4.67. The molecule has 1 N–H and O–H groups in total. The molecule has 0 unspecified atom stereocenters.